The van der Waals surface area contributed by atoms with Crippen molar-refractivity contribution in [2.75, 3.05) is 0 Å². The van der Waals surface area contributed by atoms with Gasteiger partial charge >= 0.3 is 12.6 Å². The number of amides is 1. The molecule has 1 amide bonds. The molecule has 0 unspecified atom stereocenters. The molecule has 0 atom stereocenters. The van der Waals surface area contributed by atoms with Crippen LogP contribution in [0, 0.1) is 5.41 Å². The lowest BCUT2D eigenvalue weighted by molar-refractivity contribution is -0.157. The van der Waals surface area contributed by atoms with Gasteiger partial charge in [-0.2, -0.15) is 8.78 Å². The Morgan fingerprint density at radius 3 is 2.36 bits per heavy atom. The van der Waals surface area contributed by atoms with Crippen LogP contribution >= 0.6 is 0 Å². The minimum absolute atomic E-state index is 0.0328. The van der Waals surface area contributed by atoms with Crippen molar-refractivity contribution in [2.24, 2.45) is 5.41 Å². The number of halogens is 2. The molecule has 1 aliphatic rings. The summed E-state index contributed by atoms with van der Waals surface area (Å²) in [5, 5.41) is 11.8. The van der Waals surface area contributed by atoms with Gasteiger partial charge < -0.3 is 15.2 Å². The highest BCUT2D eigenvalue weighted by molar-refractivity contribution is 5.85. The van der Waals surface area contributed by atoms with Crippen molar-refractivity contribution in [1.82, 2.24) is 5.32 Å². The molecule has 7 heteroatoms. The van der Waals surface area contributed by atoms with E-state index in [9.17, 15) is 18.4 Å². The number of hydrogen-bond donors (Lipinski definition) is 2. The number of rotatable bonds is 7. The highest BCUT2D eigenvalue weighted by Crippen LogP contribution is 2.44. The molecule has 0 heterocycles. The second kappa shape index (κ2) is 6.72. The Kier molecular flexibility index (Phi) is 4.95. The van der Waals surface area contributed by atoms with Gasteiger partial charge in [0.25, 0.3) is 0 Å². The molecule has 0 aliphatic heterocycles. The lowest BCUT2D eigenvalue weighted by atomic mass is 9.66. The fourth-order valence-electron chi connectivity index (χ4n) is 2.43. The summed E-state index contributed by atoms with van der Waals surface area (Å²) >= 11 is 0. The van der Waals surface area contributed by atoms with Gasteiger partial charge in [-0.25, -0.2) is 0 Å². The van der Waals surface area contributed by atoms with Crippen molar-refractivity contribution < 1.29 is 28.2 Å². The lowest BCUT2D eigenvalue weighted by Crippen LogP contribution is -2.42. The van der Waals surface area contributed by atoms with E-state index < -0.39 is 18.0 Å². The maximum Gasteiger partial charge on any atom is 0.387 e. The predicted octanol–water partition coefficient (Wildman–Crippen LogP) is 2.55. The lowest BCUT2D eigenvalue weighted by Gasteiger charge is -2.36. The molecule has 0 bridgehead atoms. The van der Waals surface area contributed by atoms with Crippen LogP contribution in [0.1, 0.15) is 31.2 Å². The molecule has 2 N–H and O–H groups in total. The van der Waals surface area contributed by atoms with Crippen LogP contribution in [0.5, 0.6) is 5.75 Å². The van der Waals surface area contributed by atoms with Crippen LogP contribution in [-0.2, 0) is 16.1 Å². The number of carboxylic acids is 1. The summed E-state index contributed by atoms with van der Waals surface area (Å²) in [6.45, 7) is -2.66. The third-order valence-electron chi connectivity index (χ3n) is 3.90. The zero-order chi connectivity index (χ0) is 16.2. The van der Waals surface area contributed by atoms with Crippen LogP contribution in [0.25, 0.3) is 0 Å². The molecule has 22 heavy (non-hydrogen) atoms. The van der Waals surface area contributed by atoms with Gasteiger partial charge in [0.15, 0.2) is 0 Å². The number of benzene rings is 1. The third kappa shape index (κ3) is 3.93. The van der Waals surface area contributed by atoms with Crippen LogP contribution in [0.15, 0.2) is 24.3 Å². The third-order valence-corrected chi connectivity index (χ3v) is 3.90. The van der Waals surface area contributed by atoms with Gasteiger partial charge in [0.05, 0.1) is 5.41 Å². The molecule has 5 nitrogen and oxygen atoms in total. The van der Waals surface area contributed by atoms with E-state index in [-0.39, 0.29) is 24.6 Å². The van der Waals surface area contributed by atoms with E-state index in [0.717, 1.165) is 6.42 Å². The Labute approximate surface area is 126 Å². The number of carbonyl (C=O) groups is 2. The summed E-state index contributed by atoms with van der Waals surface area (Å²) in [7, 11) is 0. The second-order valence-electron chi connectivity index (χ2n) is 5.41. The number of hydrogen-bond acceptors (Lipinski definition) is 3. The maximum absolute atomic E-state index is 12.0. The zero-order valence-electron chi connectivity index (χ0n) is 11.9. The molecule has 1 aliphatic carbocycles. The first-order chi connectivity index (χ1) is 10.4. The zero-order valence-corrected chi connectivity index (χ0v) is 11.9. The van der Waals surface area contributed by atoms with E-state index in [2.05, 4.69) is 10.1 Å². The van der Waals surface area contributed by atoms with Crippen molar-refractivity contribution in [1.29, 1.82) is 0 Å². The Morgan fingerprint density at radius 2 is 1.91 bits per heavy atom. The first kappa shape index (κ1) is 16.2. The molecule has 1 saturated carbocycles. The molecular weight excluding hydrogens is 296 g/mol. The van der Waals surface area contributed by atoms with Gasteiger partial charge in [-0.1, -0.05) is 18.6 Å². The van der Waals surface area contributed by atoms with Gasteiger partial charge in [0.2, 0.25) is 5.91 Å². The van der Waals surface area contributed by atoms with Gasteiger partial charge in [-0.15, -0.1) is 0 Å². The van der Waals surface area contributed by atoms with Crippen molar-refractivity contribution in [3.63, 3.8) is 0 Å². The summed E-state index contributed by atoms with van der Waals surface area (Å²) in [5.41, 5.74) is -0.202. The Morgan fingerprint density at radius 1 is 1.27 bits per heavy atom. The van der Waals surface area contributed by atoms with Gasteiger partial charge in [-0.3, -0.25) is 9.59 Å². The summed E-state index contributed by atoms with van der Waals surface area (Å²) in [6, 6.07) is 5.90. The summed E-state index contributed by atoms with van der Waals surface area (Å²) in [5.74, 6) is -1.21. The number of carbonyl (C=O) groups excluding carboxylic acids is 1. The first-order valence-corrected chi connectivity index (χ1v) is 6.95. The highest BCUT2D eigenvalue weighted by Gasteiger charge is 2.45. The maximum atomic E-state index is 12.0. The Hall–Kier alpha value is -2.18. The van der Waals surface area contributed by atoms with Gasteiger partial charge in [0, 0.05) is 13.0 Å². The van der Waals surface area contributed by atoms with Crippen molar-refractivity contribution >= 4 is 11.9 Å². The quantitative estimate of drug-likeness (QED) is 0.811. The van der Waals surface area contributed by atoms with Crippen LogP contribution in [0.2, 0.25) is 0 Å². The summed E-state index contributed by atoms with van der Waals surface area (Å²) in [4.78, 5) is 23.0. The minimum atomic E-state index is -2.87. The minimum Gasteiger partial charge on any atom is -0.481 e. The van der Waals surface area contributed by atoms with Crippen LogP contribution in [0.4, 0.5) is 8.78 Å². The fraction of sp³-hybridized carbons (Fsp3) is 0.467. The number of nitrogens with one attached hydrogen (secondary N) is 1. The Balaban J connectivity index is 1.82. The van der Waals surface area contributed by atoms with Crippen molar-refractivity contribution in [3.05, 3.63) is 29.8 Å². The number of ether oxygens (including phenoxy) is 1. The molecule has 1 fully saturated rings. The molecule has 0 aromatic heterocycles. The van der Waals surface area contributed by atoms with E-state index in [4.69, 9.17) is 5.11 Å². The van der Waals surface area contributed by atoms with Gasteiger partial charge in [-0.05, 0) is 30.5 Å². The largest absolute Gasteiger partial charge is 0.481 e. The topological polar surface area (TPSA) is 75.6 Å². The molecule has 0 spiro atoms. The average molecular weight is 313 g/mol. The normalized spacial score (nSPS) is 16.0. The van der Waals surface area contributed by atoms with Crippen LogP contribution in [-0.4, -0.2) is 23.6 Å². The fourth-order valence-corrected chi connectivity index (χ4v) is 2.43. The number of alkyl halides is 2. The van der Waals surface area contributed by atoms with Crippen LogP contribution < -0.4 is 10.1 Å². The predicted molar refractivity (Wildman–Crippen MR) is 73.5 cm³/mol. The molecule has 1 aromatic carbocycles. The van der Waals surface area contributed by atoms with E-state index in [1.54, 1.807) is 12.1 Å². The molecular formula is C15H17F2NO4. The monoisotopic (exact) mass is 313 g/mol. The number of aliphatic carboxylic acids is 1. The number of carboxylic acid groups (broad SMARTS) is 1. The average Bonchev–Trinajstić information content (AvgIpc) is 2.41. The standard InChI is InChI=1S/C15H17F2NO4/c16-14(17)22-11-4-2-10(3-5-11)9-18-12(19)8-15(13(20)21)6-1-7-15/h2-5,14H,1,6-9H2,(H,18,19)(H,20,21). The van der Waals surface area contributed by atoms with Gasteiger partial charge in [0.1, 0.15) is 5.75 Å². The highest BCUT2D eigenvalue weighted by atomic mass is 19.3. The molecule has 1 aromatic rings. The summed E-state index contributed by atoms with van der Waals surface area (Å²) < 4.78 is 28.2. The van der Waals surface area contributed by atoms with E-state index in [1.807, 2.05) is 0 Å². The smallest absolute Gasteiger partial charge is 0.387 e. The first-order valence-electron chi connectivity index (χ1n) is 6.95. The molecule has 0 saturated heterocycles. The Bertz CT molecular complexity index is 541. The van der Waals surface area contributed by atoms with E-state index in [1.165, 1.54) is 12.1 Å². The molecule has 120 valence electrons. The van der Waals surface area contributed by atoms with Crippen molar-refractivity contribution in [3.8, 4) is 5.75 Å². The molecule has 2 rings (SSSR count). The van der Waals surface area contributed by atoms with E-state index in [0.29, 0.717) is 18.4 Å². The van der Waals surface area contributed by atoms with Crippen molar-refractivity contribution in [2.45, 2.75) is 38.8 Å². The van der Waals surface area contributed by atoms with E-state index >= 15 is 0 Å². The molecule has 0 radical (unpaired) electrons. The SMILES string of the molecule is O=C(CC1(C(=O)O)CCC1)NCc1ccc(OC(F)F)cc1. The van der Waals surface area contributed by atoms with Crippen LogP contribution in [0.3, 0.4) is 0 Å². The summed E-state index contributed by atoms with van der Waals surface area (Å²) in [6.07, 6.45) is 1.84. The second-order valence-corrected chi connectivity index (χ2v) is 5.41.